The normalized spacial score (nSPS) is 23.7. The summed E-state index contributed by atoms with van der Waals surface area (Å²) in [4.78, 5) is 4.44. The third-order valence-electron chi connectivity index (χ3n) is 3.89. The molecule has 4 heteroatoms. The second-order valence-electron chi connectivity index (χ2n) is 5.36. The average molecular weight is 250 g/mol. The molecule has 4 nitrogen and oxygen atoms in total. The quantitative estimate of drug-likeness (QED) is 0.808. The SMILES string of the molecule is CCCNC1CCCC1Cc1ncnn1CCC. The molecule has 1 aromatic heterocycles. The lowest BCUT2D eigenvalue weighted by atomic mass is 9.99. The lowest BCUT2D eigenvalue weighted by Crippen LogP contribution is -2.34. The van der Waals surface area contributed by atoms with Crippen LogP contribution in [0.3, 0.4) is 0 Å². The zero-order valence-corrected chi connectivity index (χ0v) is 11.7. The summed E-state index contributed by atoms with van der Waals surface area (Å²) in [5, 5.41) is 8.01. The zero-order chi connectivity index (χ0) is 12.8. The van der Waals surface area contributed by atoms with Gasteiger partial charge >= 0.3 is 0 Å². The van der Waals surface area contributed by atoms with Crippen molar-refractivity contribution >= 4 is 0 Å². The lowest BCUT2D eigenvalue weighted by Gasteiger charge is -2.20. The van der Waals surface area contributed by atoms with E-state index in [0.717, 1.165) is 31.8 Å². The molecule has 0 radical (unpaired) electrons. The van der Waals surface area contributed by atoms with E-state index in [1.165, 1.54) is 31.5 Å². The fraction of sp³-hybridized carbons (Fsp3) is 0.857. The highest BCUT2D eigenvalue weighted by Gasteiger charge is 2.27. The fourth-order valence-electron chi connectivity index (χ4n) is 2.96. The van der Waals surface area contributed by atoms with Gasteiger partial charge in [-0.15, -0.1) is 0 Å². The van der Waals surface area contributed by atoms with Gasteiger partial charge in [0.05, 0.1) is 0 Å². The van der Waals surface area contributed by atoms with Crippen LogP contribution in [0.15, 0.2) is 6.33 Å². The first kappa shape index (κ1) is 13.5. The van der Waals surface area contributed by atoms with Crippen LogP contribution in [0.4, 0.5) is 0 Å². The molecular weight excluding hydrogens is 224 g/mol. The van der Waals surface area contributed by atoms with Crippen molar-refractivity contribution in [1.29, 1.82) is 0 Å². The molecule has 18 heavy (non-hydrogen) atoms. The Bertz CT molecular complexity index is 347. The van der Waals surface area contributed by atoms with E-state index < -0.39 is 0 Å². The van der Waals surface area contributed by atoms with Gasteiger partial charge in [-0.25, -0.2) is 4.98 Å². The van der Waals surface area contributed by atoms with Crippen LogP contribution in [0.2, 0.25) is 0 Å². The van der Waals surface area contributed by atoms with E-state index >= 15 is 0 Å². The Balaban J connectivity index is 1.92. The number of rotatable bonds is 7. The Labute approximate surface area is 110 Å². The highest BCUT2D eigenvalue weighted by atomic mass is 15.3. The molecule has 1 aromatic rings. The average Bonchev–Trinajstić information content (AvgIpc) is 2.98. The molecule has 2 atom stereocenters. The number of nitrogens with one attached hydrogen (secondary N) is 1. The molecule has 1 saturated carbocycles. The van der Waals surface area contributed by atoms with Gasteiger partial charge in [-0.2, -0.15) is 5.10 Å². The van der Waals surface area contributed by atoms with E-state index in [0.29, 0.717) is 6.04 Å². The molecular formula is C14H26N4. The predicted octanol–water partition coefficient (Wildman–Crippen LogP) is 2.40. The van der Waals surface area contributed by atoms with Gasteiger partial charge in [0.2, 0.25) is 0 Å². The smallest absolute Gasteiger partial charge is 0.138 e. The van der Waals surface area contributed by atoms with Crippen molar-refractivity contribution in [3.63, 3.8) is 0 Å². The molecule has 2 unspecified atom stereocenters. The minimum atomic E-state index is 0.691. The largest absolute Gasteiger partial charge is 0.314 e. The van der Waals surface area contributed by atoms with E-state index in [-0.39, 0.29) is 0 Å². The Morgan fingerprint density at radius 2 is 2.22 bits per heavy atom. The molecule has 0 aromatic carbocycles. The van der Waals surface area contributed by atoms with E-state index in [1.54, 1.807) is 6.33 Å². The van der Waals surface area contributed by atoms with Gasteiger partial charge < -0.3 is 5.32 Å². The topological polar surface area (TPSA) is 42.7 Å². The highest BCUT2D eigenvalue weighted by molar-refractivity contribution is 4.93. The number of nitrogens with zero attached hydrogens (tertiary/aromatic N) is 3. The fourth-order valence-corrected chi connectivity index (χ4v) is 2.96. The highest BCUT2D eigenvalue weighted by Crippen LogP contribution is 2.28. The molecule has 0 spiro atoms. The Hall–Kier alpha value is -0.900. The van der Waals surface area contributed by atoms with E-state index in [4.69, 9.17) is 0 Å². The minimum Gasteiger partial charge on any atom is -0.314 e. The second-order valence-corrected chi connectivity index (χ2v) is 5.36. The van der Waals surface area contributed by atoms with Gasteiger partial charge in [0.25, 0.3) is 0 Å². The van der Waals surface area contributed by atoms with Gasteiger partial charge in [0, 0.05) is 19.0 Å². The summed E-state index contributed by atoms with van der Waals surface area (Å²) in [5.74, 6) is 1.92. The monoisotopic (exact) mass is 250 g/mol. The third-order valence-corrected chi connectivity index (χ3v) is 3.89. The standard InChI is InChI=1S/C14H26N4/c1-3-8-15-13-7-5-6-12(13)10-14-16-11-17-18(14)9-4-2/h11-13,15H,3-10H2,1-2H3. The Kier molecular flexibility index (Phi) is 5.17. The van der Waals surface area contributed by atoms with Gasteiger partial charge in [-0.05, 0) is 38.1 Å². The van der Waals surface area contributed by atoms with Crippen LogP contribution < -0.4 is 5.32 Å². The second kappa shape index (κ2) is 6.88. The Morgan fingerprint density at radius 1 is 1.33 bits per heavy atom. The molecule has 0 bridgehead atoms. The minimum absolute atomic E-state index is 0.691. The van der Waals surface area contributed by atoms with Crippen molar-refractivity contribution < 1.29 is 0 Å². The summed E-state index contributed by atoms with van der Waals surface area (Å²) >= 11 is 0. The summed E-state index contributed by atoms with van der Waals surface area (Å²) in [6.07, 6.45) is 9.14. The molecule has 1 aliphatic carbocycles. The molecule has 1 heterocycles. The molecule has 0 aliphatic heterocycles. The van der Waals surface area contributed by atoms with Crippen LogP contribution in [0.1, 0.15) is 51.8 Å². The summed E-state index contributed by atoms with van der Waals surface area (Å²) in [7, 11) is 0. The molecule has 1 N–H and O–H groups in total. The first-order valence-electron chi connectivity index (χ1n) is 7.45. The van der Waals surface area contributed by atoms with E-state index in [9.17, 15) is 0 Å². The van der Waals surface area contributed by atoms with Crippen molar-refractivity contribution in [3.8, 4) is 0 Å². The van der Waals surface area contributed by atoms with Gasteiger partial charge in [-0.1, -0.05) is 20.3 Å². The third kappa shape index (κ3) is 3.31. The van der Waals surface area contributed by atoms with Crippen LogP contribution >= 0.6 is 0 Å². The summed E-state index contributed by atoms with van der Waals surface area (Å²) in [6, 6.07) is 0.691. The van der Waals surface area contributed by atoms with Crippen LogP contribution in [-0.2, 0) is 13.0 Å². The van der Waals surface area contributed by atoms with Crippen LogP contribution in [0.25, 0.3) is 0 Å². The van der Waals surface area contributed by atoms with Crippen molar-refractivity contribution in [2.24, 2.45) is 5.92 Å². The number of aromatic nitrogens is 3. The van der Waals surface area contributed by atoms with E-state index in [2.05, 4.69) is 33.9 Å². The maximum absolute atomic E-state index is 4.44. The molecule has 2 rings (SSSR count). The lowest BCUT2D eigenvalue weighted by molar-refractivity contribution is 0.384. The van der Waals surface area contributed by atoms with Crippen molar-refractivity contribution in [2.45, 2.75) is 65.0 Å². The first-order chi connectivity index (χ1) is 8.85. The number of hydrogen-bond acceptors (Lipinski definition) is 3. The summed E-state index contributed by atoms with van der Waals surface area (Å²) < 4.78 is 2.08. The van der Waals surface area contributed by atoms with Gasteiger partial charge in [0.1, 0.15) is 12.2 Å². The predicted molar refractivity (Wildman–Crippen MR) is 73.4 cm³/mol. The molecule has 0 saturated heterocycles. The zero-order valence-electron chi connectivity index (χ0n) is 11.7. The maximum atomic E-state index is 4.44. The van der Waals surface area contributed by atoms with Crippen LogP contribution in [0.5, 0.6) is 0 Å². The Morgan fingerprint density at radius 3 is 3.00 bits per heavy atom. The maximum Gasteiger partial charge on any atom is 0.138 e. The molecule has 1 aliphatic rings. The van der Waals surface area contributed by atoms with Crippen molar-refractivity contribution in [1.82, 2.24) is 20.1 Å². The molecule has 1 fully saturated rings. The number of hydrogen-bond donors (Lipinski definition) is 1. The van der Waals surface area contributed by atoms with Crippen LogP contribution in [-0.4, -0.2) is 27.4 Å². The first-order valence-corrected chi connectivity index (χ1v) is 7.45. The summed E-state index contributed by atoms with van der Waals surface area (Å²) in [6.45, 7) is 6.55. The molecule has 102 valence electrons. The molecule has 0 amide bonds. The van der Waals surface area contributed by atoms with Gasteiger partial charge in [0.15, 0.2) is 0 Å². The van der Waals surface area contributed by atoms with Gasteiger partial charge in [-0.3, -0.25) is 4.68 Å². The summed E-state index contributed by atoms with van der Waals surface area (Å²) in [5.41, 5.74) is 0. The van der Waals surface area contributed by atoms with Crippen LogP contribution in [0, 0.1) is 5.92 Å². The number of aryl methyl sites for hydroxylation is 1. The van der Waals surface area contributed by atoms with E-state index in [1.807, 2.05) is 0 Å². The van der Waals surface area contributed by atoms with Crippen molar-refractivity contribution in [2.75, 3.05) is 6.54 Å². The van der Waals surface area contributed by atoms with Crippen molar-refractivity contribution in [3.05, 3.63) is 12.2 Å².